The van der Waals surface area contributed by atoms with Gasteiger partial charge in [-0.2, -0.15) is 18.3 Å². The molecule has 6 rings (SSSR count). The van der Waals surface area contributed by atoms with Crippen molar-refractivity contribution in [3.63, 3.8) is 0 Å². The van der Waals surface area contributed by atoms with E-state index in [2.05, 4.69) is 10.3 Å². The zero-order chi connectivity index (χ0) is 28.4. The number of carbonyl (C=O) groups is 1. The second kappa shape index (κ2) is 9.28. The number of hydrogen-bond acceptors (Lipinski definition) is 4. The number of nitrogens with two attached hydrogens (primary N) is 1. The smallest absolute Gasteiger partial charge is 0.382 e. The van der Waals surface area contributed by atoms with Crippen LogP contribution in [-0.4, -0.2) is 33.2 Å². The Hall–Kier alpha value is -4.02. The van der Waals surface area contributed by atoms with Gasteiger partial charge >= 0.3 is 6.18 Å². The predicted octanol–water partition coefficient (Wildman–Crippen LogP) is 6.40. The summed E-state index contributed by atoms with van der Waals surface area (Å²) in [6.07, 6.45) is -0.951. The number of amides is 1. The van der Waals surface area contributed by atoms with Crippen molar-refractivity contribution in [2.45, 2.75) is 56.5 Å². The molecule has 2 saturated carbocycles. The van der Waals surface area contributed by atoms with Crippen molar-refractivity contribution in [3.05, 3.63) is 82.2 Å². The first-order chi connectivity index (χ1) is 19.0. The summed E-state index contributed by atoms with van der Waals surface area (Å²) in [4.78, 5) is 16.5. The Morgan fingerprint density at radius 2 is 1.93 bits per heavy atom. The average Bonchev–Trinajstić information content (AvgIpc) is 3.82. The van der Waals surface area contributed by atoms with Gasteiger partial charge in [0.1, 0.15) is 0 Å². The minimum Gasteiger partial charge on any atom is -0.382 e. The Balaban J connectivity index is 1.54. The molecule has 0 aliphatic heterocycles. The van der Waals surface area contributed by atoms with E-state index in [0.717, 1.165) is 35.6 Å². The number of alkyl halides is 3. The van der Waals surface area contributed by atoms with E-state index in [1.165, 1.54) is 12.1 Å². The van der Waals surface area contributed by atoms with E-state index in [9.17, 15) is 26.7 Å². The number of aromatic nitrogens is 3. The van der Waals surface area contributed by atoms with Gasteiger partial charge in [0.25, 0.3) is 0 Å². The largest absolute Gasteiger partial charge is 0.390 e. The summed E-state index contributed by atoms with van der Waals surface area (Å²) in [6.45, 7) is 1.45. The number of primary amides is 1. The van der Waals surface area contributed by atoms with Crippen LogP contribution in [0.2, 0.25) is 0 Å². The SMILES string of the molecule is Cc1c(C(N)=O)ccc(-c2cnc3c(NCCC(F)(F)F)cc(C4(c5cccc(F)c5F)CC4)nn23)c1C1CC1. The normalized spacial score (nSPS) is 16.4. The number of carbonyl (C=O) groups excluding carboxylic acids is 1. The number of rotatable bonds is 8. The molecule has 0 saturated heterocycles. The topological polar surface area (TPSA) is 85.3 Å². The van der Waals surface area contributed by atoms with E-state index in [4.69, 9.17) is 10.8 Å². The van der Waals surface area contributed by atoms with Crippen LogP contribution in [0, 0.1) is 18.6 Å². The molecule has 0 bridgehead atoms. The van der Waals surface area contributed by atoms with Gasteiger partial charge in [-0.25, -0.2) is 18.3 Å². The zero-order valence-corrected chi connectivity index (χ0v) is 21.6. The minimum atomic E-state index is -4.36. The third-order valence-electron chi connectivity index (χ3n) is 7.94. The molecule has 0 spiro atoms. The second-order valence-electron chi connectivity index (χ2n) is 10.6. The molecule has 6 nitrogen and oxygen atoms in total. The van der Waals surface area contributed by atoms with Crippen LogP contribution < -0.4 is 11.1 Å². The molecular weight excluding hydrogens is 529 g/mol. The third-order valence-corrected chi connectivity index (χ3v) is 7.94. The highest BCUT2D eigenvalue weighted by molar-refractivity contribution is 5.95. The van der Waals surface area contributed by atoms with Crippen LogP contribution in [0.4, 0.5) is 27.6 Å². The molecular formula is C29H26F5N5O. The van der Waals surface area contributed by atoms with Gasteiger partial charge < -0.3 is 11.1 Å². The molecule has 2 aromatic heterocycles. The van der Waals surface area contributed by atoms with Crippen molar-refractivity contribution < 1.29 is 26.7 Å². The first kappa shape index (κ1) is 26.2. The molecule has 4 aromatic rings. The molecule has 2 aromatic carbocycles. The van der Waals surface area contributed by atoms with E-state index in [0.29, 0.717) is 41.1 Å². The molecule has 208 valence electrons. The quantitative estimate of drug-likeness (QED) is 0.246. The number of imidazole rings is 1. The van der Waals surface area contributed by atoms with E-state index >= 15 is 0 Å². The zero-order valence-electron chi connectivity index (χ0n) is 21.6. The Morgan fingerprint density at radius 1 is 1.18 bits per heavy atom. The summed E-state index contributed by atoms with van der Waals surface area (Å²) in [5, 5.41) is 7.67. The molecule has 2 aliphatic carbocycles. The Morgan fingerprint density at radius 3 is 2.58 bits per heavy atom. The maximum absolute atomic E-state index is 15.0. The lowest BCUT2D eigenvalue weighted by Gasteiger charge is -2.20. The maximum atomic E-state index is 15.0. The number of nitrogens with one attached hydrogen (secondary N) is 1. The van der Waals surface area contributed by atoms with Crippen molar-refractivity contribution >= 4 is 17.2 Å². The van der Waals surface area contributed by atoms with Gasteiger partial charge in [-0.1, -0.05) is 18.2 Å². The van der Waals surface area contributed by atoms with Crippen molar-refractivity contribution in [1.29, 1.82) is 0 Å². The van der Waals surface area contributed by atoms with Crippen LogP contribution in [0.1, 0.15) is 70.8 Å². The highest BCUT2D eigenvalue weighted by Crippen LogP contribution is 2.54. The number of fused-ring (bicyclic) bond motifs is 1. The van der Waals surface area contributed by atoms with Crippen molar-refractivity contribution in [3.8, 4) is 11.3 Å². The van der Waals surface area contributed by atoms with Crippen molar-refractivity contribution in [1.82, 2.24) is 14.6 Å². The number of anilines is 1. The van der Waals surface area contributed by atoms with Gasteiger partial charge in [-0.05, 0) is 67.9 Å². The summed E-state index contributed by atoms with van der Waals surface area (Å²) in [6, 6.07) is 9.01. The number of benzene rings is 2. The van der Waals surface area contributed by atoms with Gasteiger partial charge in [0.2, 0.25) is 5.91 Å². The fourth-order valence-corrected chi connectivity index (χ4v) is 5.63. The van der Waals surface area contributed by atoms with Gasteiger partial charge in [-0.15, -0.1) is 0 Å². The standard InChI is InChI=1S/C29H26F5N5O/c1-15-17(26(35)40)7-8-18(24(15)16-5-6-16)22-14-37-27-21(36-12-11-29(32,33)34)13-23(38-39(22)27)28(9-10-28)19-3-2-4-20(30)25(19)31/h2-4,7-8,13-14,16,36H,5-6,9-12H2,1H3,(H2,35,40). The van der Waals surface area contributed by atoms with Crippen molar-refractivity contribution in [2.24, 2.45) is 5.73 Å². The van der Waals surface area contributed by atoms with Gasteiger partial charge in [0.15, 0.2) is 17.3 Å². The summed E-state index contributed by atoms with van der Waals surface area (Å²) in [7, 11) is 0. The molecule has 11 heteroatoms. The highest BCUT2D eigenvalue weighted by atomic mass is 19.4. The van der Waals surface area contributed by atoms with Gasteiger partial charge in [0, 0.05) is 28.7 Å². The molecule has 40 heavy (non-hydrogen) atoms. The van der Waals surface area contributed by atoms with Crippen LogP contribution in [0.25, 0.3) is 16.9 Å². The summed E-state index contributed by atoms with van der Waals surface area (Å²) in [5.41, 5.74) is 9.33. The number of nitrogens with zero attached hydrogens (tertiary/aromatic N) is 3. The second-order valence-corrected chi connectivity index (χ2v) is 10.6. The molecule has 2 heterocycles. The lowest BCUT2D eigenvalue weighted by molar-refractivity contribution is -0.131. The fraction of sp³-hybridized carbons (Fsp3) is 0.345. The lowest BCUT2D eigenvalue weighted by atomic mass is 9.91. The Labute approximate surface area is 226 Å². The van der Waals surface area contributed by atoms with Gasteiger partial charge in [0.05, 0.1) is 29.7 Å². The lowest BCUT2D eigenvalue weighted by Crippen LogP contribution is -2.19. The monoisotopic (exact) mass is 555 g/mol. The van der Waals surface area contributed by atoms with E-state index in [-0.39, 0.29) is 11.5 Å². The molecule has 2 fully saturated rings. The molecule has 0 radical (unpaired) electrons. The number of halogens is 5. The molecule has 0 atom stereocenters. The third kappa shape index (κ3) is 4.47. The van der Waals surface area contributed by atoms with Crippen LogP contribution >= 0.6 is 0 Å². The predicted molar refractivity (Wildman–Crippen MR) is 139 cm³/mol. The summed E-state index contributed by atoms with van der Waals surface area (Å²) in [5.74, 6) is -2.25. The molecule has 0 unspecified atom stereocenters. The Bertz CT molecular complexity index is 1650. The average molecular weight is 556 g/mol. The van der Waals surface area contributed by atoms with Gasteiger partial charge in [-0.3, -0.25) is 4.79 Å². The molecule has 3 N–H and O–H groups in total. The van der Waals surface area contributed by atoms with Crippen LogP contribution in [0.5, 0.6) is 0 Å². The molecule has 1 amide bonds. The van der Waals surface area contributed by atoms with E-state index in [1.807, 2.05) is 6.92 Å². The maximum Gasteiger partial charge on any atom is 0.390 e. The first-order valence-corrected chi connectivity index (χ1v) is 13.1. The minimum absolute atomic E-state index is 0.155. The fourth-order valence-electron chi connectivity index (χ4n) is 5.63. The van der Waals surface area contributed by atoms with Crippen LogP contribution in [0.15, 0.2) is 42.6 Å². The van der Waals surface area contributed by atoms with Crippen molar-refractivity contribution in [2.75, 3.05) is 11.9 Å². The van der Waals surface area contributed by atoms with Crippen LogP contribution in [-0.2, 0) is 5.41 Å². The molecule has 2 aliphatic rings. The first-order valence-electron chi connectivity index (χ1n) is 13.1. The summed E-state index contributed by atoms with van der Waals surface area (Å²) < 4.78 is 69.5. The Kier molecular flexibility index (Phi) is 6.08. The highest BCUT2D eigenvalue weighted by Gasteiger charge is 2.50. The van der Waals surface area contributed by atoms with E-state index < -0.39 is 42.1 Å². The van der Waals surface area contributed by atoms with E-state index in [1.54, 1.807) is 28.9 Å². The summed E-state index contributed by atoms with van der Waals surface area (Å²) >= 11 is 0. The van der Waals surface area contributed by atoms with Crippen LogP contribution in [0.3, 0.4) is 0 Å². The number of hydrogen-bond donors (Lipinski definition) is 2.